The minimum absolute atomic E-state index is 0.254. The molecule has 114 valence electrons. The maximum atomic E-state index is 10.8. The Morgan fingerprint density at radius 2 is 1.39 bits per heavy atom. The highest BCUT2D eigenvalue weighted by Gasteiger charge is 2.03. The van der Waals surface area contributed by atoms with Gasteiger partial charge in [0.15, 0.2) is 0 Å². The summed E-state index contributed by atoms with van der Waals surface area (Å²) in [7, 11) is 0. The van der Waals surface area contributed by atoms with E-state index in [1.165, 1.54) is 23.3 Å². The first-order chi connectivity index (χ1) is 11.2. The third kappa shape index (κ3) is 3.77. The fourth-order valence-electron chi connectivity index (χ4n) is 2.28. The summed E-state index contributed by atoms with van der Waals surface area (Å²) in [4.78, 5) is 10.8. The zero-order chi connectivity index (χ0) is 16.1. The highest BCUT2D eigenvalue weighted by molar-refractivity contribution is 5.87. The molecule has 0 atom stereocenters. The van der Waals surface area contributed by atoms with Crippen molar-refractivity contribution in [3.8, 4) is 16.9 Å². The molecule has 3 heteroatoms. The number of ether oxygens (including phenoxy) is 1. The van der Waals surface area contributed by atoms with Crippen molar-refractivity contribution >= 4 is 5.97 Å². The summed E-state index contributed by atoms with van der Waals surface area (Å²) in [5.74, 6) is -0.282. The van der Waals surface area contributed by atoms with Crippen molar-refractivity contribution in [1.29, 1.82) is 0 Å². The second kappa shape index (κ2) is 6.79. The van der Waals surface area contributed by atoms with E-state index in [1.807, 2.05) is 30.3 Å². The number of carbonyl (C=O) groups is 1. The molecule has 0 unspecified atom stereocenters. The normalized spacial score (nSPS) is 10.3. The number of rotatable bonds is 5. The van der Waals surface area contributed by atoms with E-state index in [-0.39, 0.29) is 5.56 Å². The molecule has 0 fully saturated rings. The molecule has 0 heterocycles. The van der Waals surface area contributed by atoms with Gasteiger partial charge in [-0.25, -0.2) is 4.79 Å². The molecular weight excluding hydrogens is 288 g/mol. The SMILES string of the molecule is O=C(O)c1ccc(OCc2ccc(-c3ccccc3)cc2)cc1. The molecule has 0 amide bonds. The smallest absolute Gasteiger partial charge is 0.335 e. The van der Waals surface area contributed by atoms with Gasteiger partial charge in [-0.1, -0.05) is 54.6 Å². The standard InChI is InChI=1S/C20H16O3/c21-20(22)18-10-12-19(13-11-18)23-14-15-6-8-17(9-7-15)16-4-2-1-3-5-16/h1-13H,14H2,(H,21,22). The molecule has 1 N–H and O–H groups in total. The van der Waals surface area contributed by atoms with Crippen LogP contribution in [0.5, 0.6) is 5.75 Å². The lowest BCUT2D eigenvalue weighted by Crippen LogP contribution is -1.98. The average molecular weight is 304 g/mol. The van der Waals surface area contributed by atoms with Crippen molar-refractivity contribution in [2.24, 2.45) is 0 Å². The molecule has 0 spiro atoms. The van der Waals surface area contributed by atoms with E-state index in [4.69, 9.17) is 9.84 Å². The topological polar surface area (TPSA) is 46.5 Å². The van der Waals surface area contributed by atoms with Gasteiger partial charge >= 0.3 is 5.97 Å². The van der Waals surface area contributed by atoms with Gasteiger partial charge in [-0.05, 0) is 41.0 Å². The van der Waals surface area contributed by atoms with Crippen LogP contribution in [-0.2, 0) is 6.61 Å². The summed E-state index contributed by atoms with van der Waals surface area (Å²) in [5.41, 5.74) is 3.67. The maximum absolute atomic E-state index is 10.8. The zero-order valence-electron chi connectivity index (χ0n) is 12.5. The summed E-state index contributed by atoms with van der Waals surface area (Å²) >= 11 is 0. The van der Waals surface area contributed by atoms with Crippen molar-refractivity contribution in [2.45, 2.75) is 6.61 Å². The van der Waals surface area contributed by atoms with Crippen LogP contribution in [0.4, 0.5) is 0 Å². The Morgan fingerprint density at radius 3 is 2.00 bits per heavy atom. The molecule has 23 heavy (non-hydrogen) atoms. The first kappa shape index (κ1) is 14.9. The predicted octanol–water partition coefficient (Wildman–Crippen LogP) is 4.63. The minimum atomic E-state index is -0.937. The fraction of sp³-hybridized carbons (Fsp3) is 0.0500. The monoisotopic (exact) mass is 304 g/mol. The molecule has 3 nitrogen and oxygen atoms in total. The van der Waals surface area contributed by atoms with Gasteiger partial charge in [0.2, 0.25) is 0 Å². The van der Waals surface area contributed by atoms with Gasteiger partial charge < -0.3 is 9.84 Å². The molecular formula is C20H16O3. The quantitative estimate of drug-likeness (QED) is 0.747. The van der Waals surface area contributed by atoms with Crippen LogP contribution in [0, 0.1) is 0 Å². The summed E-state index contributed by atoms with van der Waals surface area (Å²) in [6, 6.07) is 24.8. The van der Waals surface area contributed by atoms with Gasteiger partial charge in [-0.3, -0.25) is 0 Å². The molecule has 0 bridgehead atoms. The van der Waals surface area contributed by atoms with Crippen molar-refractivity contribution < 1.29 is 14.6 Å². The molecule has 0 saturated heterocycles. The number of benzene rings is 3. The minimum Gasteiger partial charge on any atom is -0.489 e. The number of aromatic carboxylic acids is 1. The van der Waals surface area contributed by atoms with Gasteiger partial charge in [-0.15, -0.1) is 0 Å². The molecule has 3 rings (SSSR count). The van der Waals surface area contributed by atoms with E-state index >= 15 is 0 Å². The molecule has 3 aromatic rings. The van der Waals surface area contributed by atoms with Crippen LogP contribution in [0.2, 0.25) is 0 Å². The highest BCUT2D eigenvalue weighted by Crippen LogP contribution is 2.20. The van der Waals surface area contributed by atoms with Crippen molar-refractivity contribution in [3.63, 3.8) is 0 Å². The van der Waals surface area contributed by atoms with Crippen LogP contribution < -0.4 is 4.74 Å². The second-order valence-corrected chi connectivity index (χ2v) is 5.18. The molecule has 0 aliphatic carbocycles. The Hall–Kier alpha value is -3.07. The third-order valence-corrected chi connectivity index (χ3v) is 3.57. The second-order valence-electron chi connectivity index (χ2n) is 5.18. The highest BCUT2D eigenvalue weighted by atomic mass is 16.5. The van der Waals surface area contributed by atoms with Gasteiger partial charge in [0.25, 0.3) is 0 Å². The van der Waals surface area contributed by atoms with Gasteiger partial charge in [0.05, 0.1) is 5.56 Å². The zero-order valence-corrected chi connectivity index (χ0v) is 12.5. The van der Waals surface area contributed by atoms with Crippen LogP contribution in [0.1, 0.15) is 15.9 Å². The van der Waals surface area contributed by atoms with Crippen molar-refractivity contribution in [3.05, 3.63) is 90.0 Å². The van der Waals surface area contributed by atoms with E-state index in [2.05, 4.69) is 24.3 Å². The van der Waals surface area contributed by atoms with Crippen LogP contribution in [0.15, 0.2) is 78.9 Å². The van der Waals surface area contributed by atoms with E-state index in [0.29, 0.717) is 12.4 Å². The van der Waals surface area contributed by atoms with Gasteiger partial charge in [0.1, 0.15) is 12.4 Å². The predicted molar refractivity (Wildman–Crippen MR) is 89.6 cm³/mol. The number of carboxylic acids is 1. The Bertz CT molecular complexity index is 775. The summed E-state index contributed by atoms with van der Waals surface area (Å²) < 4.78 is 5.68. The summed E-state index contributed by atoms with van der Waals surface area (Å²) in [6.45, 7) is 0.446. The Kier molecular flexibility index (Phi) is 4.39. The van der Waals surface area contributed by atoms with Gasteiger partial charge in [0, 0.05) is 0 Å². The maximum Gasteiger partial charge on any atom is 0.335 e. The molecule has 0 aliphatic rings. The fourth-order valence-corrected chi connectivity index (χ4v) is 2.28. The number of hydrogen-bond acceptors (Lipinski definition) is 2. The lowest BCUT2D eigenvalue weighted by Gasteiger charge is -2.08. The van der Waals surface area contributed by atoms with E-state index in [0.717, 1.165) is 5.56 Å². The Labute approximate surface area is 134 Å². The summed E-state index contributed by atoms with van der Waals surface area (Å²) in [5, 5.41) is 8.86. The van der Waals surface area contributed by atoms with Gasteiger partial charge in [-0.2, -0.15) is 0 Å². The first-order valence-electron chi connectivity index (χ1n) is 7.33. The largest absolute Gasteiger partial charge is 0.489 e. The lowest BCUT2D eigenvalue weighted by atomic mass is 10.0. The number of carboxylic acid groups (broad SMARTS) is 1. The van der Waals surface area contributed by atoms with Crippen molar-refractivity contribution in [1.82, 2.24) is 0 Å². The molecule has 0 radical (unpaired) electrons. The van der Waals surface area contributed by atoms with E-state index < -0.39 is 5.97 Å². The lowest BCUT2D eigenvalue weighted by molar-refractivity contribution is 0.0697. The van der Waals surface area contributed by atoms with Crippen LogP contribution in [0.25, 0.3) is 11.1 Å². The number of hydrogen-bond donors (Lipinski definition) is 1. The molecule has 0 aromatic heterocycles. The van der Waals surface area contributed by atoms with E-state index in [1.54, 1.807) is 12.1 Å². The Morgan fingerprint density at radius 1 is 0.783 bits per heavy atom. The Balaban J connectivity index is 1.63. The first-order valence-corrected chi connectivity index (χ1v) is 7.33. The van der Waals surface area contributed by atoms with Crippen LogP contribution in [-0.4, -0.2) is 11.1 Å². The summed E-state index contributed by atoms with van der Waals surface area (Å²) in [6.07, 6.45) is 0. The molecule has 3 aromatic carbocycles. The van der Waals surface area contributed by atoms with Crippen LogP contribution >= 0.6 is 0 Å². The third-order valence-electron chi connectivity index (χ3n) is 3.57. The average Bonchev–Trinajstić information content (AvgIpc) is 2.61. The molecule has 0 saturated carbocycles. The van der Waals surface area contributed by atoms with Crippen molar-refractivity contribution in [2.75, 3.05) is 0 Å². The van der Waals surface area contributed by atoms with E-state index in [9.17, 15) is 4.79 Å². The van der Waals surface area contributed by atoms with Crippen LogP contribution in [0.3, 0.4) is 0 Å². The molecule has 0 aliphatic heterocycles.